The van der Waals surface area contributed by atoms with Crippen LogP contribution >= 0.6 is 0 Å². The summed E-state index contributed by atoms with van der Waals surface area (Å²) in [5, 5.41) is 0. The molecule has 3 heteroatoms. The van der Waals surface area contributed by atoms with E-state index in [9.17, 15) is 0 Å². The van der Waals surface area contributed by atoms with Gasteiger partial charge >= 0.3 is 0 Å². The molecule has 2 heterocycles. The zero-order valence-corrected chi connectivity index (χ0v) is 8.74. The van der Waals surface area contributed by atoms with E-state index in [-0.39, 0.29) is 0 Å². The smallest absolute Gasteiger partial charge is 0.214 e. The maximum absolute atomic E-state index is 5.43. The molecule has 0 aromatic carbocycles. The van der Waals surface area contributed by atoms with E-state index >= 15 is 0 Å². The second-order valence-corrected chi connectivity index (χ2v) is 3.57. The summed E-state index contributed by atoms with van der Waals surface area (Å²) in [5.41, 5.74) is 2.47. The Labute approximate surface area is 83.4 Å². The predicted octanol–water partition coefficient (Wildman–Crippen LogP) is 2.45. The van der Waals surface area contributed by atoms with Crippen molar-refractivity contribution in [2.45, 2.75) is 27.3 Å². The second-order valence-electron chi connectivity index (χ2n) is 3.57. The number of hydrogen-bond donors (Lipinski definition) is 0. The summed E-state index contributed by atoms with van der Waals surface area (Å²) < 4.78 is 7.62. The van der Waals surface area contributed by atoms with Crippen LogP contribution < -0.4 is 0 Å². The first-order valence-corrected chi connectivity index (χ1v) is 4.71. The zero-order valence-electron chi connectivity index (χ0n) is 8.74. The number of hydrogen-bond acceptors (Lipinski definition) is 2. The highest BCUT2D eigenvalue weighted by molar-refractivity contribution is 5.14. The minimum Gasteiger partial charge on any atom is -0.444 e. The number of oxazole rings is 1. The Balaban J connectivity index is 2.26. The van der Waals surface area contributed by atoms with Crippen LogP contribution in [-0.2, 0) is 6.54 Å². The molecule has 0 aliphatic rings. The third-order valence-corrected chi connectivity index (χ3v) is 2.38. The summed E-state index contributed by atoms with van der Waals surface area (Å²) in [6.07, 6.45) is 1.75. The highest BCUT2D eigenvalue weighted by atomic mass is 16.4. The summed E-state index contributed by atoms with van der Waals surface area (Å²) in [4.78, 5) is 4.19. The van der Waals surface area contributed by atoms with Crippen LogP contribution in [0.3, 0.4) is 0 Å². The normalized spacial score (nSPS) is 10.8. The first kappa shape index (κ1) is 9.06. The molecule has 3 nitrogen and oxygen atoms in total. The lowest BCUT2D eigenvalue weighted by Crippen LogP contribution is -2.03. The summed E-state index contributed by atoms with van der Waals surface area (Å²) in [5.74, 6) is 1.63. The molecule has 0 N–H and O–H groups in total. The van der Waals surface area contributed by atoms with E-state index in [0.29, 0.717) is 0 Å². The van der Waals surface area contributed by atoms with Crippen molar-refractivity contribution < 1.29 is 4.42 Å². The van der Waals surface area contributed by atoms with Gasteiger partial charge in [-0.05, 0) is 32.9 Å². The molecule has 0 saturated heterocycles. The molecule has 0 unspecified atom stereocenters. The van der Waals surface area contributed by atoms with Crippen LogP contribution in [0.4, 0.5) is 0 Å². The van der Waals surface area contributed by atoms with Crippen molar-refractivity contribution >= 4 is 0 Å². The van der Waals surface area contributed by atoms with Gasteiger partial charge in [0.1, 0.15) is 5.76 Å². The van der Waals surface area contributed by atoms with Crippen molar-refractivity contribution in [3.8, 4) is 0 Å². The standard InChI is InChI=1S/C11H14N2O/c1-8-4-5-9(2)13(8)7-11-12-6-10(3)14-11/h4-6H,7H2,1-3H3. The SMILES string of the molecule is Cc1cnc(Cn2c(C)ccc2C)o1. The van der Waals surface area contributed by atoms with Crippen LogP contribution in [0.25, 0.3) is 0 Å². The molecule has 0 fully saturated rings. The lowest BCUT2D eigenvalue weighted by atomic mass is 10.5. The summed E-state index contributed by atoms with van der Waals surface area (Å²) in [6, 6.07) is 4.20. The Kier molecular flexibility index (Phi) is 2.15. The molecule has 0 saturated carbocycles. The molecular formula is C11H14N2O. The van der Waals surface area contributed by atoms with Gasteiger partial charge in [-0.25, -0.2) is 4.98 Å². The molecule has 0 aliphatic carbocycles. The Morgan fingerprint density at radius 1 is 1.21 bits per heavy atom. The first-order chi connectivity index (χ1) is 6.66. The van der Waals surface area contributed by atoms with Gasteiger partial charge in [0.15, 0.2) is 0 Å². The van der Waals surface area contributed by atoms with Crippen molar-refractivity contribution in [1.29, 1.82) is 0 Å². The minimum absolute atomic E-state index is 0.721. The molecule has 0 bridgehead atoms. The van der Waals surface area contributed by atoms with E-state index in [2.05, 4.69) is 35.5 Å². The average Bonchev–Trinajstić information content (AvgIpc) is 2.67. The van der Waals surface area contributed by atoms with E-state index in [4.69, 9.17) is 4.42 Å². The van der Waals surface area contributed by atoms with E-state index in [1.807, 2.05) is 6.92 Å². The van der Waals surface area contributed by atoms with E-state index in [1.54, 1.807) is 6.20 Å². The molecule has 0 atom stereocenters. The molecule has 74 valence electrons. The maximum Gasteiger partial charge on any atom is 0.214 e. The molecule has 0 amide bonds. The maximum atomic E-state index is 5.43. The van der Waals surface area contributed by atoms with Gasteiger partial charge < -0.3 is 8.98 Å². The van der Waals surface area contributed by atoms with Gasteiger partial charge in [0.25, 0.3) is 0 Å². The van der Waals surface area contributed by atoms with Crippen molar-refractivity contribution in [2.24, 2.45) is 0 Å². The Morgan fingerprint density at radius 2 is 1.86 bits per heavy atom. The second kappa shape index (κ2) is 3.33. The van der Waals surface area contributed by atoms with Gasteiger partial charge in [-0.1, -0.05) is 0 Å². The molecule has 2 aromatic rings. The van der Waals surface area contributed by atoms with Crippen LogP contribution in [0, 0.1) is 20.8 Å². The summed E-state index contributed by atoms with van der Waals surface area (Å²) in [6.45, 7) is 6.80. The minimum atomic E-state index is 0.721. The van der Waals surface area contributed by atoms with E-state index < -0.39 is 0 Å². The topological polar surface area (TPSA) is 31.0 Å². The first-order valence-electron chi connectivity index (χ1n) is 4.71. The number of aryl methyl sites for hydroxylation is 3. The highest BCUT2D eigenvalue weighted by Gasteiger charge is 2.05. The van der Waals surface area contributed by atoms with Crippen molar-refractivity contribution in [3.05, 3.63) is 41.4 Å². The van der Waals surface area contributed by atoms with Crippen molar-refractivity contribution in [3.63, 3.8) is 0 Å². The fraction of sp³-hybridized carbons (Fsp3) is 0.364. The van der Waals surface area contributed by atoms with Crippen LogP contribution in [0.5, 0.6) is 0 Å². The fourth-order valence-corrected chi connectivity index (χ4v) is 1.56. The van der Waals surface area contributed by atoms with Crippen LogP contribution in [0.2, 0.25) is 0 Å². The van der Waals surface area contributed by atoms with Crippen LogP contribution in [0.1, 0.15) is 23.0 Å². The highest BCUT2D eigenvalue weighted by Crippen LogP contribution is 2.11. The van der Waals surface area contributed by atoms with Crippen LogP contribution in [-0.4, -0.2) is 9.55 Å². The molecule has 0 spiro atoms. The third kappa shape index (κ3) is 1.58. The molecule has 2 rings (SSSR count). The molecule has 2 aromatic heterocycles. The predicted molar refractivity (Wildman–Crippen MR) is 54.2 cm³/mol. The fourth-order valence-electron chi connectivity index (χ4n) is 1.56. The van der Waals surface area contributed by atoms with E-state index in [1.165, 1.54) is 11.4 Å². The lowest BCUT2D eigenvalue weighted by molar-refractivity contribution is 0.454. The van der Waals surface area contributed by atoms with Crippen molar-refractivity contribution in [2.75, 3.05) is 0 Å². The van der Waals surface area contributed by atoms with Gasteiger partial charge in [0.05, 0.1) is 12.7 Å². The van der Waals surface area contributed by atoms with Crippen molar-refractivity contribution in [1.82, 2.24) is 9.55 Å². The molecule has 0 aliphatic heterocycles. The summed E-state index contributed by atoms with van der Waals surface area (Å²) >= 11 is 0. The summed E-state index contributed by atoms with van der Waals surface area (Å²) in [7, 11) is 0. The van der Waals surface area contributed by atoms with Gasteiger partial charge in [0.2, 0.25) is 5.89 Å². The Hall–Kier alpha value is -1.51. The monoisotopic (exact) mass is 190 g/mol. The average molecular weight is 190 g/mol. The molecular weight excluding hydrogens is 176 g/mol. The Bertz CT molecular complexity index is 420. The van der Waals surface area contributed by atoms with E-state index in [0.717, 1.165) is 18.2 Å². The van der Waals surface area contributed by atoms with Gasteiger partial charge in [-0.3, -0.25) is 0 Å². The lowest BCUT2D eigenvalue weighted by Gasteiger charge is -2.05. The van der Waals surface area contributed by atoms with Gasteiger partial charge in [-0.2, -0.15) is 0 Å². The molecule has 14 heavy (non-hydrogen) atoms. The molecule has 0 radical (unpaired) electrons. The quantitative estimate of drug-likeness (QED) is 0.728. The van der Waals surface area contributed by atoms with Crippen LogP contribution in [0.15, 0.2) is 22.7 Å². The number of rotatable bonds is 2. The Morgan fingerprint density at radius 3 is 2.36 bits per heavy atom. The number of nitrogens with zero attached hydrogens (tertiary/aromatic N) is 2. The third-order valence-electron chi connectivity index (χ3n) is 2.38. The largest absolute Gasteiger partial charge is 0.444 e. The van der Waals surface area contributed by atoms with Gasteiger partial charge in [-0.15, -0.1) is 0 Å². The zero-order chi connectivity index (χ0) is 10.1. The number of aromatic nitrogens is 2. The van der Waals surface area contributed by atoms with Gasteiger partial charge in [0, 0.05) is 11.4 Å².